The van der Waals surface area contributed by atoms with Crippen molar-refractivity contribution in [2.24, 2.45) is 33.7 Å². The van der Waals surface area contributed by atoms with Crippen LogP contribution in [0, 0.1) is 10.8 Å². The number of hydrogen-bond donors (Lipinski definition) is 8. The van der Waals surface area contributed by atoms with Gasteiger partial charge in [-0.25, -0.2) is 0 Å². The van der Waals surface area contributed by atoms with Crippen LogP contribution in [0.25, 0.3) is 10.8 Å². The number of benzene rings is 4. The number of phenolic OH excluding ortho intramolecular Hbond substituents is 1. The number of amides is 1. The summed E-state index contributed by atoms with van der Waals surface area (Å²) >= 11 is 0. The van der Waals surface area contributed by atoms with Gasteiger partial charge >= 0.3 is 0 Å². The Hall–Kier alpha value is -9.51. The van der Waals surface area contributed by atoms with Crippen molar-refractivity contribution in [3.05, 3.63) is 199 Å². The number of aromatic hydroxyl groups is 1. The first-order valence-electron chi connectivity index (χ1n) is 24.8. The first-order chi connectivity index (χ1) is 37.2. The van der Waals surface area contributed by atoms with E-state index in [1.165, 1.54) is 64.0 Å². The third kappa shape index (κ3) is 45.0. The van der Waals surface area contributed by atoms with Gasteiger partial charge in [0.05, 0.1) is 5.84 Å². The molecule has 83 heavy (non-hydrogen) atoms. The van der Waals surface area contributed by atoms with Gasteiger partial charge in [0.2, 0.25) is 5.91 Å². The molecule has 0 radical (unpaired) electrons. The van der Waals surface area contributed by atoms with Gasteiger partial charge in [0.15, 0.2) is 46.4 Å². The first kappa shape index (κ1) is 84.8. The van der Waals surface area contributed by atoms with Crippen molar-refractivity contribution in [1.82, 2.24) is 0 Å². The van der Waals surface area contributed by atoms with Gasteiger partial charge in [0.25, 0.3) is 0 Å². The highest BCUT2D eigenvalue weighted by molar-refractivity contribution is 5.99. The standard InChI is InChI=1S/C15H14O.C12H14N2O.C11H12O2.C8H15N3O.C7H11NO2.C6H10N2O.C4H6O.3CH4/c1-11(12(2)16)10-14-8-5-7-13-6-3-4-9-15(13)14;1-8(9(2)15)6-10-4-3-5-11(7-10)12(13)14;1-8(9(2)12)7-10-3-5-11(13)6-4-10;1-6(7(2)12)4-3-5-11-8(9)10;1-5(6(2)9)3-4-7(8)10;1-4(5(2)9)3-6(7)8;1-3-4(2)5;;;/h3-9H,1,10H2,2H3;3-5,7H,1,6H2,2H3,(H3,13,14);3-6,13H,1,7H2,2H3;1,3-5H2,2H3,(H4,9,10,11);1,3-4H2,2H3,(H2,8,10);1,3H2,2H3,(H3,7,8);3H,1H2,2H3;3*1H4. The molecule has 4 aromatic rings. The van der Waals surface area contributed by atoms with Crippen molar-refractivity contribution in [2.75, 3.05) is 6.54 Å². The van der Waals surface area contributed by atoms with Crippen LogP contribution in [0.15, 0.2) is 182 Å². The summed E-state index contributed by atoms with van der Waals surface area (Å²) in [6.07, 6.45) is 5.17. The Labute approximate surface area is 494 Å². The third-order valence-corrected chi connectivity index (χ3v) is 10.6. The summed E-state index contributed by atoms with van der Waals surface area (Å²) in [5.41, 5.74) is 32.5. The van der Waals surface area contributed by atoms with Crippen molar-refractivity contribution >= 4 is 74.8 Å². The maximum Gasteiger partial charge on any atom is 0.217 e. The zero-order valence-electron chi connectivity index (χ0n) is 47.6. The number of carbonyl (C=O) groups is 8. The molecular weight excluding hydrogens is 1050 g/mol. The maximum absolute atomic E-state index is 11.2. The van der Waals surface area contributed by atoms with E-state index in [0.717, 1.165) is 17.5 Å². The number of nitrogen functional groups attached to an aromatic ring is 1. The molecule has 0 saturated carbocycles. The van der Waals surface area contributed by atoms with Gasteiger partial charge in [-0.1, -0.05) is 141 Å². The van der Waals surface area contributed by atoms with Gasteiger partial charge in [-0.2, -0.15) is 0 Å². The lowest BCUT2D eigenvalue weighted by Crippen LogP contribution is -2.22. The zero-order chi connectivity index (χ0) is 62.2. The number of hydrogen-bond acceptors (Lipinski definition) is 12. The van der Waals surface area contributed by atoms with Gasteiger partial charge in [0.1, 0.15) is 11.6 Å². The van der Waals surface area contributed by atoms with E-state index in [-0.39, 0.29) is 99.0 Å². The Morgan fingerprint density at radius 2 is 0.940 bits per heavy atom. The van der Waals surface area contributed by atoms with Crippen molar-refractivity contribution < 1.29 is 43.5 Å². The van der Waals surface area contributed by atoms with E-state index in [4.69, 9.17) is 44.6 Å². The predicted octanol–water partition coefficient (Wildman–Crippen LogP) is 11.0. The first-order valence-corrected chi connectivity index (χ1v) is 24.8. The molecule has 0 aliphatic heterocycles. The minimum absolute atomic E-state index is 0. The van der Waals surface area contributed by atoms with Crippen LogP contribution in [0.5, 0.6) is 5.75 Å². The topological polar surface area (TPSA) is 347 Å². The van der Waals surface area contributed by atoms with Crippen LogP contribution in [0.4, 0.5) is 0 Å². The molecule has 0 bridgehead atoms. The van der Waals surface area contributed by atoms with Gasteiger partial charge < -0.3 is 33.8 Å². The van der Waals surface area contributed by atoms with Crippen molar-refractivity contribution in [3.8, 4) is 5.75 Å². The molecular formula is C66H94N8O9. The number of aliphatic imine (C=N–C) groups is 1. The van der Waals surface area contributed by atoms with E-state index < -0.39 is 5.91 Å². The van der Waals surface area contributed by atoms with Gasteiger partial charge in [-0.3, -0.25) is 54.2 Å². The normalized spacial score (nSPS) is 8.95. The number of ketones is 7. The fourth-order valence-corrected chi connectivity index (χ4v) is 5.49. The molecule has 0 aromatic heterocycles. The number of primary amides is 1. The largest absolute Gasteiger partial charge is 0.508 e. The highest BCUT2D eigenvalue weighted by Crippen LogP contribution is 2.21. The second-order valence-corrected chi connectivity index (χ2v) is 17.8. The molecule has 0 heterocycles. The molecule has 0 unspecified atom stereocenters. The number of fused-ring (bicyclic) bond motifs is 1. The van der Waals surface area contributed by atoms with Crippen LogP contribution in [0.3, 0.4) is 0 Å². The molecule has 0 aliphatic carbocycles. The van der Waals surface area contributed by atoms with E-state index in [1.807, 2.05) is 30.3 Å². The van der Waals surface area contributed by atoms with E-state index in [2.05, 4.69) is 75.3 Å². The van der Waals surface area contributed by atoms with Crippen LogP contribution in [-0.4, -0.2) is 75.7 Å². The molecule has 0 spiro atoms. The fourth-order valence-electron chi connectivity index (χ4n) is 5.49. The molecule has 452 valence electrons. The highest BCUT2D eigenvalue weighted by Gasteiger charge is 2.07. The van der Waals surface area contributed by atoms with Crippen molar-refractivity contribution in [2.45, 2.75) is 122 Å². The van der Waals surface area contributed by atoms with E-state index in [0.29, 0.717) is 77.7 Å². The number of nitrogens with zero attached hydrogens (tertiary/aromatic N) is 1. The van der Waals surface area contributed by atoms with Gasteiger partial charge in [-0.15, -0.1) is 0 Å². The van der Waals surface area contributed by atoms with Crippen LogP contribution in [0.2, 0.25) is 0 Å². The second-order valence-electron chi connectivity index (χ2n) is 17.8. The Kier molecular flexibility index (Phi) is 48.3. The minimum atomic E-state index is -0.401. The summed E-state index contributed by atoms with van der Waals surface area (Å²) < 4.78 is 0. The van der Waals surface area contributed by atoms with Gasteiger partial charge in [0, 0.05) is 44.2 Å². The monoisotopic (exact) mass is 1140 g/mol. The Balaban J connectivity index is -0.000000211. The number of phenols is 1. The molecule has 0 saturated heterocycles. The van der Waals surface area contributed by atoms with E-state index >= 15 is 0 Å². The SMILES string of the molecule is C.C.C.C=C(CC(=N)N)C(C)=O.C=C(CCC(N)=O)C(C)=O.C=C(CCCN=C(N)N)C(C)=O.C=C(Cc1ccc(O)cc1)C(C)=O.C=C(Cc1cccc(C(=N)N)c1)C(C)=O.C=C(Cc1cccc2ccccc12)C(C)=O.C=CC(C)=O. The number of amidine groups is 2. The highest BCUT2D eigenvalue weighted by atomic mass is 16.3. The zero-order valence-corrected chi connectivity index (χ0v) is 47.6. The third-order valence-electron chi connectivity index (χ3n) is 10.6. The van der Waals surface area contributed by atoms with E-state index in [1.54, 1.807) is 43.3 Å². The van der Waals surface area contributed by atoms with E-state index in [9.17, 15) is 38.4 Å². The number of Topliss-reactive ketones (excluding diaryl/α,β-unsaturated/α-hetero) is 6. The summed E-state index contributed by atoms with van der Waals surface area (Å²) in [7, 11) is 0. The quantitative estimate of drug-likeness (QED) is 0.0148. The number of allylic oxidation sites excluding steroid dienone is 6. The van der Waals surface area contributed by atoms with Crippen LogP contribution >= 0.6 is 0 Å². The van der Waals surface area contributed by atoms with Crippen LogP contribution < -0.4 is 28.7 Å². The maximum atomic E-state index is 11.2. The van der Waals surface area contributed by atoms with Gasteiger partial charge in [-0.05, 0) is 153 Å². The minimum Gasteiger partial charge on any atom is -0.508 e. The van der Waals surface area contributed by atoms with Crippen molar-refractivity contribution in [1.29, 1.82) is 10.8 Å². The second kappa shape index (κ2) is 47.3. The molecule has 0 fully saturated rings. The molecule has 1 amide bonds. The Bertz CT molecular complexity index is 2940. The average molecular weight is 1140 g/mol. The molecule has 4 rings (SSSR count). The summed E-state index contributed by atoms with van der Waals surface area (Å²) in [5.74, 6) is -0.149. The lowest BCUT2D eigenvalue weighted by molar-refractivity contribution is -0.118. The van der Waals surface area contributed by atoms with Crippen molar-refractivity contribution in [3.63, 3.8) is 0 Å². The molecule has 0 aliphatic rings. The average Bonchev–Trinajstić information content (AvgIpc) is 3.43. The number of rotatable bonds is 23. The molecule has 17 heteroatoms. The molecule has 17 nitrogen and oxygen atoms in total. The summed E-state index contributed by atoms with van der Waals surface area (Å²) in [5, 5.41) is 25.5. The summed E-state index contributed by atoms with van der Waals surface area (Å²) in [6, 6.07) is 28.4. The van der Waals surface area contributed by atoms with Crippen LogP contribution in [0.1, 0.15) is 125 Å². The summed E-state index contributed by atoms with van der Waals surface area (Å²) in [4.78, 5) is 88.3. The Morgan fingerprint density at radius 1 is 0.518 bits per heavy atom. The molecule has 13 N–H and O–H groups in total. The summed E-state index contributed by atoms with van der Waals surface area (Å²) in [6.45, 7) is 35.8. The lowest BCUT2D eigenvalue weighted by Gasteiger charge is -2.06. The number of nitrogens with one attached hydrogen (secondary N) is 2. The molecule has 4 aromatic carbocycles. The number of carbonyl (C=O) groups excluding carboxylic acids is 8. The smallest absolute Gasteiger partial charge is 0.217 e. The molecule has 0 atom stereocenters. The van der Waals surface area contributed by atoms with Crippen LogP contribution in [-0.2, 0) is 57.6 Å². The Morgan fingerprint density at radius 3 is 1.35 bits per heavy atom. The number of guanidine groups is 1. The fraction of sp³-hybridized carbons (Fsp3) is 0.288. The number of nitrogens with two attached hydrogens (primary N) is 5. The predicted molar refractivity (Wildman–Crippen MR) is 345 cm³/mol. The lowest BCUT2D eigenvalue weighted by atomic mass is 9.98.